The van der Waals surface area contributed by atoms with Crippen LogP contribution in [0.5, 0.6) is 11.5 Å². The molecule has 160 valence electrons. The molecule has 0 amide bonds. The van der Waals surface area contributed by atoms with Gasteiger partial charge in [-0.25, -0.2) is 0 Å². The summed E-state index contributed by atoms with van der Waals surface area (Å²) in [5, 5.41) is 0. The Labute approximate surface area is 174 Å². The molecule has 1 aromatic rings. The highest BCUT2D eigenvalue weighted by Crippen LogP contribution is 2.61. The van der Waals surface area contributed by atoms with Gasteiger partial charge in [0.2, 0.25) is 0 Å². The van der Waals surface area contributed by atoms with Gasteiger partial charge in [0.25, 0.3) is 0 Å². The molecule has 3 fully saturated rings. The van der Waals surface area contributed by atoms with Gasteiger partial charge in [-0.2, -0.15) is 0 Å². The number of hydrogen-bond acceptors (Lipinski definition) is 5. The molecule has 0 spiro atoms. The minimum absolute atomic E-state index is 0.167. The zero-order chi connectivity index (χ0) is 20.8. The van der Waals surface area contributed by atoms with Crippen LogP contribution in [0.4, 0.5) is 0 Å². The third-order valence-electron chi connectivity index (χ3n) is 7.76. The van der Waals surface area contributed by atoms with Crippen LogP contribution in [-0.4, -0.2) is 25.8 Å². The maximum absolute atomic E-state index is 11.6. The lowest BCUT2D eigenvalue weighted by Crippen LogP contribution is -2.57. The first kappa shape index (κ1) is 20.7. The van der Waals surface area contributed by atoms with Crippen LogP contribution in [0.15, 0.2) is 18.2 Å². The van der Waals surface area contributed by atoms with E-state index in [2.05, 4.69) is 20.8 Å². The average molecular weight is 403 g/mol. The van der Waals surface area contributed by atoms with Crippen LogP contribution in [0.25, 0.3) is 0 Å². The molecule has 2 aliphatic carbocycles. The molecule has 1 aromatic carbocycles. The van der Waals surface area contributed by atoms with Gasteiger partial charge in [0.1, 0.15) is 11.5 Å². The lowest BCUT2D eigenvalue weighted by Gasteiger charge is -2.60. The molecular weight excluding hydrogens is 368 g/mol. The van der Waals surface area contributed by atoms with Gasteiger partial charge in [0.15, 0.2) is 6.29 Å². The van der Waals surface area contributed by atoms with Crippen LogP contribution >= 0.6 is 0 Å². The van der Waals surface area contributed by atoms with Crippen molar-refractivity contribution in [2.24, 2.45) is 22.7 Å². The summed E-state index contributed by atoms with van der Waals surface area (Å²) in [6, 6.07) is 5.38. The maximum atomic E-state index is 11.6. The van der Waals surface area contributed by atoms with Gasteiger partial charge in [-0.05, 0) is 60.6 Å². The number of benzene rings is 1. The van der Waals surface area contributed by atoms with E-state index in [9.17, 15) is 4.79 Å². The summed E-state index contributed by atoms with van der Waals surface area (Å²) < 4.78 is 23.6. The van der Waals surface area contributed by atoms with Gasteiger partial charge < -0.3 is 18.9 Å². The highest BCUT2D eigenvalue weighted by Gasteiger charge is 2.56. The van der Waals surface area contributed by atoms with Gasteiger partial charge in [-0.15, -0.1) is 0 Å². The second-order valence-electron chi connectivity index (χ2n) is 9.92. The van der Waals surface area contributed by atoms with Crippen molar-refractivity contribution in [2.75, 3.05) is 13.7 Å². The number of ether oxygens (including phenoxy) is 4. The summed E-state index contributed by atoms with van der Waals surface area (Å²) in [6.07, 6.45) is 5.71. The first-order chi connectivity index (χ1) is 13.7. The molecule has 29 heavy (non-hydrogen) atoms. The van der Waals surface area contributed by atoms with E-state index in [-0.39, 0.29) is 17.5 Å². The van der Waals surface area contributed by atoms with Crippen LogP contribution in [0.3, 0.4) is 0 Å². The molecule has 1 saturated heterocycles. The van der Waals surface area contributed by atoms with E-state index in [0.717, 1.165) is 6.42 Å². The fraction of sp³-hybridized carbons (Fsp3) is 0.708. The third-order valence-corrected chi connectivity index (χ3v) is 7.76. The number of esters is 1. The Morgan fingerprint density at radius 1 is 1.17 bits per heavy atom. The normalized spacial score (nSPS) is 35.9. The van der Waals surface area contributed by atoms with Gasteiger partial charge in [0.05, 0.1) is 25.4 Å². The topological polar surface area (TPSA) is 54.0 Å². The predicted molar refractivity (Wildman–Crippen MR) is 110 cm³/mol. The van der Waals surface area contributed by atoms with Crippen LogP contribution in [0.2, 0.25) is 0 Å². The predicted octanol–water partition coefficient (Wildman–Crippen LogP) is 5.28. The highest BCUT2D eigenvalue weighted by molar-refractivity contribution is 5.70. The Balaban J connectivity index is 1.58. The van der Waals surface area contributed by atoms with E-state index < -0.39 is 6.29 Å². The average Bonchev–Trinajstić information content (AvgIpc) is 2.67. The lowest BCUT2D eigenvalue weighted by atomic mass is 9.48. The summed E-state index contributed by atoms with van der Waals surface area (Å²) in [4.78, 5) is 11.6. The molecule has 0 bridgehead atoms. The summed E-state index contributed by atoms with van der Waals surface area (Å²) in [5.41, 5.74) is 1.35. The standard InChI is InChI=1S/C24H34O5/c1-15(25)28-19-8-7-16(26-5)13-17(19)22-27-14-18-20(29-22)9-10-21-23(2,3)11-6-12-24(18,21)4/h7-8,13,18,20-22H,6,9-12,14H2,1-5H3/t18-,20+,21?,22-,24+/m1/s1. The van der Waals surface area contributed by atoms with Crippen LogP contribution < -0.4 is 9.47 Å². The SMILES string of the molecule is COc1ccc(OC(C)=O)c([C@@H]2OC[C@@H]3[C@H](CCC4C(C)(C)CCC[C@]43C)O2)c1. The molecule has 2 saturated carbocycles. The fourth-order valence-electron chi connectivity index (χ4n) is 6.39. The van der Waals surface area contributed by atoms with Crippen LogP contribution in [-0.2, 0) is 14.3 Å². The van der Waals surface area contributed by atoms with E-state index >= 15 is 0 Å². The number of rotatable bonds is 3. The second-order valence-corrected chi connectivity index (χ2v) is 9.92. The summed E-state index contributed by atoms with van der Waals surface area (Å²) >= 11 is 0. The lowest BCUT2D eigenvalue weighted by molar-refractivity contribution is -0.286. The molecular formula is C24H34O5. The van der Waals surface area contributed by atoms with Crippen molar-refractivity contribution in [3.63, 3.8) is 0 Å². The minimum atomic E-state index is -0.544. The molecule has 0 radical (unpaired) electrons. The molecule has 5 heteroatoms. The van der Waals surface area contributed by atoms with Gasteiger partial charge in [0, 0.05) is 12.8 Å². The monoisotopic (exact) mass is 402 g/mol. The zero-order valence-corrected chi connectivity index (χ0v) is 18.3. The Hall–Kier alpha value is -1.59. The van der Waals surface area contributed by atoms with Gasteiger partial charge in [-0.3, -0.25) is 4.79 Å². The number of methoxy groups -OCH3 is 1. The van der Waals surface area contributed by atoms with E-state index in [1.807, 2.05) is 6.07 Å². The molecule has 1 heterocycles. The van der Waals surface area contributed by atoms with E-state index in [0.29, 0.717) is 40.9 Å². The molecule has 1 unspecified atom stereocenters. The largest absolute Gasteiger partial charge is 0.497 e. The second kappa shape index (κ2) is 7.59. The summed E-state index contributed by atoms with van der Waals surface area (Å²) in [7, 11) is 1.62. The van der Waals surface area contributed by atoms with Gasteiger partial charge >= 0.3 is 5.97 Å². The quantitative estimate of drug-likeness (QED) is 0.509. The third kappa shape index (κ3) is 3.68. The molecule has 0 N–H and O–H groups in total. The Kier molecular flexibility index (Phi) is 5.41. The first-order valence-electron chi connectivity index (χ1n) is 10.9. The molecule has 1 aliphatic heterocycles. The molecule has 3 aliphatic rings. The highest BCUT2D eigenvalue weighted by atomic mass is 16.7. The Bertz CT molecular complexity index is 773. The number of carbonyl (C=O) groups excluding carboxylic acids is 1. The number of fused-ring (bicyclic) bond motifs is 3. The van der Waals surface area contributed by atoms with Gasteiger partial charge in [-0.1, -0.05) is 27.2 Å². The summed E-state index contributed by atoms with van der Waals surface area (Å²) in [5.74, 6) is 1.92. The van der Waals surface area contributed by atoms with Crippen LogP contribution in [0.1, 0.15) is 71.7 Å². The Morgan fingerprint density at radius 3 is 2.69 bits per heavy atom. The van der Waals surface area contributed by atoms with Crippen molar-refractivity contribution in [3.05, 3.63) is 23.8 Å². The first-order valence-corrected chi connectivity index (χ1v) is 10.9. The zero-order valence-electron chi connectivity index (χ0n) is 18.3. The fourth-order valence-corrected chi connectivity index (χ4v) is 6.39. The number of carbonyl (C=O) groups is 1. The van der Waals surface area contributed by atoms with Crippen molar-refractivity contribution in [1.29, 1.82) is 0 Å². The van der Waals surface area contributed by atoms with E-state index in [1.165, 1.54) is 32.6 Å². The van der Waals surface area contributed by atoms with Crippen LogP contribution in [0, 0.1) is 22.7 Å². The number of hydrogen-bond donors (Lipinski definition) is 0. The molecule has 5 atom stereocenters. The van der Waals surface area contributed by atoms with Crippen molar-refractivity contribution in [2.45, 2.75) is 72.2 Å². The van der Waals surface area contributed by atoms with E-state index in [1.54, 1.807) is 19.2 Å². The van der Waals surface area contributed by atoms with E-state index in [4.69, 9.17) is 18.9 Å². The van der Waals surface area contributed by atoms with Crippen molar-refractivity contribution >= 4 is 5.97 Å². The molecule has 4 rings (SSSR count). The smallest absolute Gasteiger partial charge is 0.308 e. The molecule has 5 nitrogen and oxygen atoms in total. The van der Waals surface area contributed by atoms with Crippen molar-refractivity contribution in [1.82, 2.24) is 0 Å². The maximum Gasteiger partial charge on any atom is 0.308 e. The van der Waals surface area contributed by atoms with Crippen molar-refractivity contribution < 1.29 is 23.7 Å². The molecule has 0 aromatic heterocycles. The van der Waals surface area contributed by atoms with Crippen molar-refractivity contribution in [3.8, 4) is 11.5 Å². The Morgan fingerprint density at radius 2 is 1.97 bits per heavy atom. The minimum Gasteiger partial charge on any atom is -0.497 e. The summed E-state index contributed by atoms with van der Waals surface area (Å²) in [6.45, 7) is 9.40.